The third-order valence-electron chi connectivity index (χ3n) is 6.74. The van der Waals surface area contributed by atoms with Gasteiger partial charge in [-0.3, -0.25) is 14.2 Å². The molecule has 0 radical (unpaired) electrons. The van der Waals surface area contributed by atoms with E-state index in [0.717, 1.165) is 36.8 Å². The molecular formula is C27H29N5O3. The second-order valence-electron chi connectivity index (χ2n) is 9.48. The van der Waals surface area contributed by atoms with Gasteiger partial charge in [0.2, 0.25) is 5.78 Å². The average molecular weight is 472 g/mol. The van der Waals surface area contributed by atoms with Crippen molar-refractivity contribution in [3.05, 3.63) is 86.6 Å². The molecule has 180 valence electrons. The first-order chi connectivity index (χ1) is 16.9. The Morgan fingerprint density at radius 1 is 1.14 bits per heavy atom. The molecule has 0 aliphatic heterocycles. The van der Waals surface area contributed by atoms with Crippen LogP contribution in [-0.4, -0.2) is 30.7 Å². The van der Waals surface area contributed by atoms with Crippen LogP contribution >= 0.6 is 0 Å². The number of benzene rings is 2. The van der Waals surface area contributed by atoms with Crippen molar-refractivity contribution in [2.45, 2.75) is 58.2 Å². The maximum atomic E-state index is 13.5. The molecule has 35 heavy (non-hydrogen) atoms. The lowest BCUT2D eigenvalue weighted by Crippen LogP contribution is -2.33. The fraction of sp³-hybridized carbons (Fsp3) is 0.333. The zero-order valence-electron chi connectivity index (χ0n) is 20.0. The first-order valence-corrected chi connectivity index (χ1v) is 12.1. The van der Waals surface area contributed by atoms with Gasteiger partial charge in [0.15, 0.2) is 0 Å². The Hall–Kier alpha value is -3.94. The minimum Gasteiger partial charge on any atom is -0.349 e. The monoisotopic (exact) mass is 471 g/mol. The van der Waals surface area contributed by atoms with Crippen molar-refractivity contribution < 1.29 is 4.79 Å². The molecule has 1 N–H and O–H groups in total. The van der Waals surface area contributed by atoms with E-state index < -0.39 is 0 Å². The highest BCUT2D eigenvalue weighted by Crippen LogP contribution is 2.20. The van der Waals surface area contributed by atoms with E-state index in [1.54, 1.807) is 24.3 Å². The lowest BCUT2D eigenvalue weighted by atomic mass is 10.1. The number of amides is 1. The molecule has 1 aliphatic carbocycles. The van der Waals surface area contributed by atoms with E-state index in [2.05, 4.69) is 17.0 Å². The van der Waals surface area contributed by atoms with E-state index in [0.29, 0.717) is 16.5 Å². The van der Waals surface area contributed by atoms with Crippen molar-refractivity contribution in [1.82, 2.24) is 24.1 Å². The van der Waals surface area contributed by atoms with Crippen molar-refractivity contribution >= 4 is 28.7 Å². The summed E-state index contributed by atoms with van der Waals surface area (Å²) in [5.74, 6) is 0.0706. The third-order valence-corrected chi connectivity index (χ3v) is 6.74. The Morgan fingerprint density at radius 2 is 1.86 bits per heavy atom. The average Bonchev–Trinajstić information content (AvgIpc) is 3.47. The maximum Gasteiger partial charge on any atom is 0.352 e. The molecule has 8 heteroatoms. The van der Waals surface area contributed by atoms with Crippen LogP contribution in [0.4, 0.5) is 0 Å². The second-order valence-corrected chi connectivity index (χ2v) is 9.48. The number of aromatic nitrogens is 4. The summed E-state index contributed by atoms with van der Waals surface area (Å²) >= 11 is 0. The van der Waals surface area contributed by atoms with Crippen LogP contribution in [0.3, 0.4) is 0 Å². The van der Waals surface area contributed by atoms with Gasteiger partial charge in [-0.15, -0.1) is 5.10 Å². The summed E-state index contributed by atoms with van der Waals surface area (Å²) < 4.78 is 4.34. The normalized spacial score (nSPS) is 14.3. The molecule has 0 atom stereocenters. The van der Waals surface area contributed by atoms with E-state index >= 15 is 0 Å². The number of nitrogens with one attached hydrogen (secondary N) is 1. The molecule has 4 aromatic rings. The summed E-state index contributed by atoms with van der Waals surface area (Å²) in [6, 6.07) is 12.6. The van der Waals surface area contributed by atoms with Gasteiger partial charge < -0.3 is 5.32 Å². The number of carbonyl (C=O) groups excluding carboxylic acids is 1. The number of fused-ring (bicyclic) bond motifs is 3. The molecule has 0 spiro atoms. The highest BCUT2D eigenvalue weighted by atomic mass is 16.2. The van der Waals surface area contributed by atoms with E-state index in [1.807, 2.05) is 38.1 Å². The van der Waals surface area contributed by atoms with Crippen molar-refractivity contribution in [1.29, 1.82) is 0 Å². The molecule has 0 saturated heterocycles. The zero-order chi connectivity index (χ0) is 24.7. The fourth-order valence-electron chi connectivity index (χ4n) is 4.86. The SMILES string of the molecule is C=Cc1ccc(Cn2nc3n(C(C)C)c(=O)c4ccc(C(=O)NC5CCCC5)cc4n3c2=O)cc1. The van der Waals surface area contributed by atoms with Crippen LogP contribution in [0.15, 0.2) is 58.6 Å². The van der Waals surface area contributed by atoms with Gasteiger partial charge in [0, 0.05) is 17.6 Å². The van der Waals surface area contributed by atoms with Crippen molar-refractivity contribution in [3.8, 4) is 0 Å². The quantitative estimate of drug-likeness (QED) is 0.464. The molecule has 5 rings (SSSR count). The summed E-state index contributed by atoms with van der Waals surface area (Å²) in [6.07, 6.45) is 5.94. The lowest BCUT2D eigenvalue weighted by molar-refractivity contribution is 0.0938. The van der Waals surface area contributed by atoms with Crippen LogP contribution in [0.2, 0.25) is 0 Å². The number of hydrogen-bond donors (Lipinski definition) is 1. The van der Waals surface area contributed by atoms with E-state index in [-0.39, 0.29) is 41.6 Å². The van der Waals surface area contributed by atoms with Crippen LogP contribution in [0.1, 0.15) is 67.1 Å². The molecule has 1 aliphatic rings. The van der Waals surface area contributed by atoms with Crippen LogP contribution in [-0.2, 0) is 6.54 Å². The molecule has 2 aromatic heterocycles. The first kappa shape index (κ1) is 22.8. The molecule has 1 amide bonds. The van der Waals surface area contributed by atoms with Gasteiger partial charge in [-0.25, -0.2) is 13.9 Å². The topological polar surface area (TPSA) is 90.4 Å². The van der Waals surface area contributed by atoms with Gasteiger partial charge in [-0.1, -0.05) is 49.8 Å². The highest BCUT2D eigenvalue weighted by molar-refractivity contribution is 5.98. The predicted molar refractivity (Wildman–Crippen MR) is 137 cm³/mol. The minimum atomic E-state index is -0.361. The van der Waals surface area contributed by atoms with E-state index in [9.17, 15) is 14.4 Å². The Bertz CT molecular complexity index is 1550. The van der Waals surface area contributed by atoms with Gasteiger partial charge in [0.25, 0.3) is 11.5 Å². The standard InChI is InChI=1S/C27H29N5O3/c1-4-18-9-11-19(12-10-18)16-30-27(35)32-23-15-20(24(33)28-21-7-5-6-8-21)13-14-22(23)25(34)31(17(2)3)26(32)29-30/h4,9-15,17,21H,1,5-8,16H2,2-3H3,(H,28,33). The first-order valence-electron chi connectivity index (χ1n) is 12.1. The van der Waals surface area contributed by atoms with Gasteiger partial charge in [0.1, 0.15) is 0 Å². The smallest absolute Gasteiger partial charge is 0.349 e. The van der Waals surface area contributed by atoms with Crippen molar-refractivity contribution in [2.24, 2.45) is 0 Å². The van der Waals surface area contributed by atoms with Gasteiger partial charge in [-0.2, -0.15) is 0 Å². The van der Waals surface area contributed by atoms with Crippen LogP contribution in [0.25, 0.3) is 22.8 Å². The summed E-state index contributed by atoms with van der Waals surface area (Å²) in [4.78, 5) is 39.8. The summed E-state index contributed by atoms with van der Waals surface area (Å²) in [7, 11) is 0. The highest BCUT2D eigenvalue weighted by Gasteiger charge is 2.22. The van der Waals surface area contributed by atoms with Gasteiger partial charge in [0.05, 0.1) is 17.4 Å². The largest absolute Gasteiger partial charge is 0.352 e. The minimum absolute atomic E-state index is 0.171. The summed E-state index contributed by atoms with van der Waals surface area (Å²) in [5.41, 5.74) is 2.10. The third kappa shape index (κ3) is 4.09. The Labute approximate surface area is 202 Å². The molecule has 0 unspecified atom stereocenters. The van der Waals surface area contributed by atoms with Gasteiger partial charge >= 0.3 is 5.69 Å². The van der Waals surface area contributed by atoms with E-state index in [1.165, 1.54) is 13.6 Å². The van der Waals surface area contributed by atoms with Crippen molar-refractivity contribution in [2.75, 3.05) is 0 Å². The second kappa shape index (κ2) is 9.02. The van der Waals surface area contributed by atoms with Crippen LogP contribution in [0.5, 0.6) is 0 Å². The zero-order valence-corrected chi connectivity index (χ0v) is 20.0. The number of carbonyl (C=O) groups is 1. The number of nitrogens with zero attached hydrogens (tertiary/aromatic N) is 4. The molecular weight excluding hydrogens is 442 g/mol. The Kier molecular flexibility index (Phi) is 5.88. The molecule has 8 nitrogen and oxygen atoms in total. The Balaban J connectivity index is 1.66. The van der Waals surface area contributed by atoms with Crippen LogP contribution in [0, 0.1) is 0 Å². The summed E-state index contributed by atoms with van der Waals surface area (Å²) in [6.45, 7) is 7.79. The molecule has 2 aromatic carbocycles. The van der Waals surface area contributed by atoms with E-state index in [4.69, 9.17) is 0 Å². The fourth-order valence-corrected chi connectivity index (χ4v) is 4.86. The van der Waals surface area contributed by atoms with Crippen LogP contribution < -0.4 is 16.6 Å². The lowest BCUT2D eigenvalue weighted by Gasteiger charge is -2.14. The number of rotatable bonds is 6. The van der Waals surface area contributed by atoms with Gasteiger partial charge in [-0.05, 0) is 56.0 Å². The number of hydrogen-bond acceptors (Lipinski definition) is 4. The van der Waals surface area contributed by atoms with Crippen molar-refractivity contribution in [3.63, 3.8) is 0 Å². The molecule has 2 heterocycles. The molecule has 0 bridgehead atoms. The predicted octanol–water partition coefficient (Wildman–Crippen LogP) is 3.76. The summed E-state index contributed by atoms with van der Waals surface area (Å²) in [5, 5.41) is 8.00. The molecule has 1 saturated carbocycles. The Morgan fingerprint density at radius 3 is 2.51 bits per heavy atom. The molecule has 1 fully saturated rings. The maximum absolute atomic E-state index is 13.5.